The Morgan fingerprint density at radius 2 is 1.77 bits per heavy atom. The van der Waals surface area contributed by atoms with E-state index in [1.807, 2.05) is 38.1 Å². The molecule has 1 saturated heterocycles. The number of halogens is 3. The van der Waals surface area contributed by atoms with Crippen LogP contribution in [0.2, 0.25) is 0 Å². The zero-order valence-corrected chi connectivity index (χ0v) is 19.5. The first kappa shape index (κ1) is 24.4. The maximum absolute atomic E-state index is 13.0. The second kappa shape index (κ2) is 8.83. The number of aryl methyl sites for hydroxylation is 2. The van der Waals surface area contributed by atoms with Crippen LogP contribution in [0.3, 0.4) is 0 Å². The number of carbonyl (C=O) groups is 3. The molecule has 2 aliphatic rings. The Labute approximate surface area is 200 Å². The summed E-state index contributed by atoms with van der Waals surface area (Å²) < 4.78 is 37.9. The average molecular weight is 487 g/mol. The standard InChI is InChI=1S/C25H24F3N3O4/c1-15-5-4-6-18(9-15)24(3)11-20(29-35-24)17-7-8-19(16(2)10-17)23(34)30-12-21(32)31(22(33)13-30)14-25(26,27)28/h4-10H,11-14H2,1-3H3. The molecule has 7 nitrogen and oxygen atoms in total. The van der Waals surface area contributed by atoms with Crippen LogP contribution in [0.25, 0.3) is 0 Å². The predicted octanol–water partition coefficient (Wildman–Crippen LogP) is 3.72. The first-order valence-corrected chi connectivity index (χ1v) is 11.0. The molecule has 0 spiro atoms. The third kappa shape index (κ3) is 5.06. The van der Waals surface area contributed by atoms with Gasteiger partial charge >= 0.3 is 6.18 Å². The SMILES string of the molecule is Cc1cccc(C2(C)CC(c3ccc(C(=O)N4CC(=O)N(CC(F)(F)F)C(=O)C4)c(C)c3)=NO2)c1. The molecule has 1 atom stereocenters. The number of benzene rings is 2. The Balaban J connectivity index is 1.48. The number of imide groups is 1. The summed E-state index contributed by atoms with van der Waals surface area (Å²) in [6.45, 7) is 2.80. The van der Waals surface area contributed by atoms with Crippen molar-refractivity contribution in [2.45, 2.75) is 39.0 Å². The van der Waals surface area contributed by atoms with E-state index in [9.17, 15) is 27.6 Å². The number of hydrogen-bond acceptors (Lipinski definition) is 5. The number of nitrogens with zero attached hydrogens (tertiary/aromatic N) is 3. The molecule has 184 valence electrons. The lowest BCUT2D eigenvalue weighted by molar-refractivity contribution is -0.174. The summed E-state index contributed by atoms with van der Waals surface area (Å²) in [6, 6.07) is 13.0. The maximum Gasteiger partial charge on any atom is 0.406 e. The number of rotatable bonds is 4. The Hall–Kier alpha value is -3.69. The molecule has 0 bridgehead atoms. The van der Waals surface area contributed by atoms with E-state index in [1.54, 1.807) is 25.1 Å². The van der Waals surface area contributed by atoms with Gasteiger partial charge in [-0.15, -0.1) is 0 Å². The molecule has 0 aromatic heterocycles. The molecule has 0 aliphatic carbocycles. The summed E-state index contributed by atoms with van der Waals surface area (Å²) in [5, 5.41) is 4.26. The van der Waals surface area contributed by atoms with Crippen molar-refractivity contribution in [2.24, 2.45) is 5.16 Å². The first-order chi connectivity index (χ1) is 16.4. The predicted molar refractivity (Wildman–Crippen MR) is 121 cm³/mol. The van der Waals surface area contributed by atoms with Crippen molar-refractivity contribution in [2.75, 3.05) is 19.6 Å². The van der Waals surface area contributed by atoms with E-state index in [-0.39, 0.29) is 10.5 Å². The van der Waals surface area contributed by atoms with Gasteiger partial charge in [0.25, 0.3) is 5.91 Å². The Morgan fingerprint density at radius 3 is 2.37 bits per heavy atom. The van der Waals surface area contributed by atoms with Crippen LogP contribution < -0.4 is 0 Å². The zero-order valence-electron chi connectivity index (χ0n) is 19.5. The lowest BCUT2D eigenvalue weighted by Gasteiger charge is -2.33. The minimum atomic E-state index is -4.70. The van der Waals surface area contributed by atoms with E-state index in [0.29, 0.717) is 17.7 Å². The van der Waals surface area contributed by atoms with Gasteiger partial charge in [0.05, 0.1) is 5.71 Å². The number of carbonyl (C=O) groups excluding carboxylic acids is 3. The van der Waals surface area contributed by atoms with Crippen molar-refractivity contribution in [3.8, 4) is 0 Å². The third-order valence-corrected chi connectivity index (χ3v) is 6.16. The van der Waals surface area contributed by atoms with Gasteiger partial charge in [-0.3, -0.25) is 19.3 Å². The van der Waals surface area contributed by atoms with Crippen molar-refractivity contribution >= 4 is 23.4 Å². The first-order valence-electron chi connectivity index (χ1n) is 11.0. The monoisotopic (exact) mass is 487 g/mol. The lowest BCUT2D eigenvalue weighted by atomic mass is 9.88. The van der Waals surface area contributed by atoms with E-state index in [4.69, 9.17) is 4.84 Å². The van der Waals surface area contributed by atoms with Crippen LogP contribution >= 0.6 is 0 Å². The van der Waals surface area contributed by atoms with Gasteiger partial charge in [0.1, 0.15) is 19.6 Å². The molecule has 3 amide bonds. The molecule has 0 saturated carbocycles. The summed E-state index contributed by atoms with van der Waals surface area (Å²) >= 11 is 0. The maximum atomic E-state index is 13.0. The molecule has 10 heteroatoms. The molecule has 0 radical (unpaired) electrons. The highest BCUT2D eigenvalue weighted by atomic mass is 19.4. The molecule has 2 aromatic rings. The van der Waals surface area contributed by atoms with Crippen LogP contribution in [0, 0.1) is 13.8 Å². The van der Waals surface area contributed by atoms with Crippen LogP contribution in [0.1, 0.15) is 46.0 Å². The third-order valence-electron chi connectivity index (χ3n) is 6.16. The van der Waals surface area contributed by atoms with Crippen LogP contribution in [-0.2, 0) is 20.0 Å². The summed E-state index contributed by atoms with van der Waals surface area (Å²) in [5.41, 5.74) is 3.78. The summed E-state index contributed by atoms with van der Waals surface area (Å²) in [7, 11) is 0. The number of alkyl halides is 3. The van der Waals surface area contributed by atoms with Gasteiger partial charge in [0.15, 0.2) is 5.60 Å². The molecule has 1 fully saturated rings. The molecule has 4 rings (SSSR count). The second-order valence-corrected chi connectivity index (χ2v) is 9.09. The number of piperazine rings is 1. The van der Waals surface area contributed by atoms with Crippen LogP contribution in [0.4, 0.5) is 13.2 Å². The van der Waals surface area contributed by atoms with E-state index in [0.717, 1.165) is 21.6 Å². The molecule has 0 N–H and O–H groups in total. The van der Waals surface area contributed by atoms with Crippen molar-refractivity contribution in [1.29, 1.82) is 0 Å². The Morgan fingerprint density at radius 1 is 1.09 bits per heavy atom. The summed E-state index contributed by atoms with van der Waals surface area (Å²) in [6.07, 6.45) is -4.18. The number of hydrogen-bond donors (Lipinski definition) is 0. The summed E-state index contributed by atoms with van der Waals surface area (Å²) in [4.78, 5) is 44.1. The van der Waals surface area contributed by atoms with Gasteiger partial charge < -0.3 is 9.74 Å². The van der Waals surface area contributed by atoms with E-state index in [2.05, 4.69) is 5.16 Å². The second-order valence-electron chi connectivity index (χ2n) is 9.09. The van der Waals surface area contributed by atoms with Crippen molar-refractivity contribution in [3.63, 3.8) is 0 Å². The van der Waals surface area contributed by atoms with Gasteiger partial charge in [-0.2, -0.15) is 13.2 Å². The van der Waals surface area contributed by atoms with Crippen molar-refractivity contribution in [3.05, 3.63) is 70.3 Å². The average Bonchev–Trinajstić information content (AvgIpc) is 3.18. The highest BCUT2D eigenvalue weighted by molar-refractivity contribution is 6.07. The molecule has 1 unspecified atom stereocenters. The van der Waals surface area contributed by atoms with Crippen molar-refractivity contribution in [1.82, 2.24) is 9.80 Å². The van der Waals surface area contributed by atoms with Crippen LogP contribution in [0.15, 0.2) is 47.6 Å². The van der Waals surface area contributed by atoms with Gasteiger partial charge in [-0.25, -0.2) is 0 Å². The molecular formula is C25H24F3N3O4. The topological polar surface area (TPSA) is 79.3 Å². The van der Waals surface area contributed by atoms with Gasteiger partial charge in [-0.1, -0.05) is 41.1 Å². The highest BCUT2D eigenvalue weighted by Gasteiger charge is 2.41. The van der Waals surface area contributed by atoms with Crippen LogP contribution in [-0.4, -0.2) is 59.0 Å². The fourth-order valence-electron chi connectivity index (χ4n) is 4.27. The van der Waals surface area contributed by atoms with E-state index in [1.165, 1.54) is 0 Å². The Bertz CT molecular complexity index is 1220. The molecular weight excluding hydrogens is 463 g/mol. The summed E-state index contributed by atoms with van der Waals surface area (Å²) in [5.74, 6) is -2.72. The minimum Gasteiger partial charge on any atom is -0.384 e. The van der Waals surface area contributed by atoms with E-state index >= 15 is 0 Å². The van der Waals surface area contributed by atoms with Gasteiger partial charge in [-0.05, 0) is 49.6 Å². The largest absolute Gasteiger partial charge is 0.406 e. The number of amides is 3. The van der Waals surface area contributed by atoms with Crippen LogP contribution in [0.5, 0.6) is 0 Å². The fraction of sp³-hybridized carbons (Fsp3) is 0.360. The normalized spacial score (nSPS) is 20.7. The lowest BCUT2D eigenvalue weighted by Crippen LogP contribution is -2.57. The molecule has 2 aliphatic heterocycles. The molecule has 35 heavy (non-hydrogen) atoms. The van der Waals surface area contributed by atoms with E-state index < -0.39 is 49.1 Å². The van der Waals surface area contributed by atoms with Crippen molar-refractivity contribution < 1.29 is 32.4 Å². The smallest absolute Gasteiger partial charge is 0.384 e. The zero-order chi connectivity index (χ0) is 25.5. The van der Waals surface area contributed by atoms with Gasteiger partial charge in [0.2, 0.25) is 11.8 Å². The minimum absolute atomic E-state index is 0.142. The quantitative estimate of drug-likeness (QED) is 0.616. The molecule has 2 aromatic carbocycles. The highest BCUT2D eigenvalue weighted by Crippen LogP contribution is 2.36. The van der Waals surface area contributed by atoms with Gasteiger partial charge in [0, 0.05) is 12.0 Å². The Kier molecular flexibility index (Phi) is 6.16. The molecule has 2 heterocycles. The fourth-order valence-corrected chi connectivity index (χ4v) is 4.27. The number of oxime groups is 1.